The first-order valence-corrected chi connectivity index (χ1v) is 8.57. The summed E-state index contributed by atoms with van der Waals surface area (Å²) in [6.45, 7) is 6.30. The van der Waals surface area contributed by atoms with Crippen LogP contribution in [0.4, 0.5) is 5.82 Å². The fourth-order valence-corrected chi connectivity index (χ4v) is 3.23. The maximum absolute atomic E-state index is 5.52. The zero-order valence-corrected chi connectivity index (χ0v) is 14.3. The highest BCUT2D eigenvalue weighted by molar-refractivity contribution is 5.81. The summed E-state index contributed by atoms with van der Waals surface area (Å²) in [7, 11) is 0. The van der Waals surface area contributed by atoms with E-state index in [4.69, 9.17) is 4.74 Å². The zero-order chi connectivity index (χ0) is 17.1. The van der Waals surface area contributed by atoms with Crippen molar-refractivity contribution in [3.63, 3.8) is 0 Å². The van der Waals surface area contributed by atoms with E-state index in [1.54, 1.807) is 12.7 Å². The molecule has 2 N–H and O–H groups in total. The number of imidazole rings is 1. The number of aromatic amines is 1. The van der Waals surface area contributed by atoms with E-state index in [1.807, 2.05) is 0 Å². The minimum Gasteiger partial charge on any atom is -0.379 e. The Hall–Kier alpha value is -2.51. The molecule has 0 bridgehead atoms. The molecule has 0 radical (unpaired) electrons. The molecule has 1 atom stereocenters. The Balaban J connectivity index is 1.57. The molecular formula is C18H22N6O. The van der Waals surface area contributed by atoms with Crippen molar-refractivity contribution in [1.29, 1.82) is 0 Å². The smallest absolute Gasteiger partial charge is 0.182 e. The molecule has 4 rings (SSSR count). The first-order chi connectivity index (χ1) is 12.3. The molecule has 1 saturated heterocycles. The molecule has 7 heteroatoms. The fourth-order valence-electron chi connectivity index (χ4n) is 3.23. The van der Waals surface area contributed by atoms with Crippen LogP contribution in [0.3, 0.4) is 0 Å². The molecule has 7 nitrogen and oxygen atoms in total. The maximum Gasteiger partial charge on any atom is 0.182 e. The normalized spacial score (nSPS) is 16.8. The molecule has 0 saturated carbocycles. The van der Waals surface area contributed by atoms with E-state index in [0.29, 0.717) is 5.65 Å². The second kappa shape index (κ2) is 7.16. The number of hydrogen-bond donors (Lipinski definition) is 2. The molecular weight excluding hydrogens is 316 g/mol. The van der Waals surface area contributed by atoms with Gasteiger partial charge in [0, 0.05) is 19.6 Å². The number of nitrogens with one attached hydrogen (secondary N) is 2. The van der Waals surface area contributed by atoms with Gasteiger partial charge in [-0.25, -0.2) is 15.0 Å². The summed E-state index contributed by atoms with van der Waals surface area (Å²) >= 11 is 0. The summed E-state index contributed by atoms with van der Waals surface area (Å²) < 4.78 is 5.52. The van der Waals surface area contributed by atoms with Gasteiger partial charge in [-0.15, -0.1) is 0 Å². The topological polar surface area (TPSA) is 79.0 Å². The van der Waals surface area contributed by atoms with Gasteiger partial charge in [-0.1, -0.05) is 29.8 Å². The number of nitrogens with zero attached hydrogens (tertiary/aromatic N) is 4. The van der Waals surface area contributed by atoms with E-state index < -0.39 is 0 Å². The summed E-state index contributed by atoms with van der Waals surface area (Å²) in [6.07, 6.45) is 3.19. The number of ether oxygens (including phenoxy) is 1. The first kappa shape index (κ1) is 16.0. The maximum atomic E-state index is 5.52. The number of aromatic nitrogens is 4. The van der Waals surface area contributed by atoms with Crippen molar-refractivity contribution in [3.8, 4) is 0 Å². The third-order valence-electron chi connectivity index (χ3n) is 4.63. The van der Waals surface area contributed by atoms with Crippen LogP contribution in [0.25, 0.3) is 11.2 Å². The molecule has 25 heavy (non-hydrogen) atoms. The summed E-state index contributed by atoms with van der Waals surface area (Å²) in [5.41, 5.74) is 4.09. The van der Waals surface area contributed by atoms with Gasteiger partial charge in [-0.2, -0.15) is 0 Å². The highest BCUT2D eigenvalue weighted by atomic mass is 16.5. The van der Waals surface area contributed by atoms with Gasteiger partial charge in [-0.3, -0.25) is 4.90 Å². The third-order valence-corrected chi connectivity index (χ3v) is 4.63. The number of H-pyrrole nitrogens is 1. The van der Waals surface area contributed by atoms with Crippen LogP contribution in [-0.4, -0.2) is 57.7 Å². The summed E-state index contributed by atoms with van der Waals surface area (Å²) in [5.74, 6) is 0.785. The lowest BCUT2D eigenvalue weighted by Crippen LogP contribution is -2.41. The van der Waals surface area contributed by atoms with Gasteiger partial charge in [0.05, 0.1) is 25.6 Å². The molecule has 0 spiro atoms. The summed E-state index contributed by atoms with van der Waals surface area (Å²) in [6, 6.07) is 9.02. The van der Waals surface area contributed by atoms with Crippen LogP contribution in [0.2, 0.25) is 0 Å². The largest absolute Gasteiger partial charge is 0.379 e. The van der Waals surface area contributed by atoms with Gasteiger partial charge in [0.25, 0.3) is 0 Å². The Morgan fingerprint density at radius 1 is 1.16 bits per heavy atom. The standard InChI is InChI=1S/C18H22N6O/c1-13-2-4-14(5-3-13)15(24-6-8-25-9-7-24)10-19-17-16-18(21-11-20-16)23-12-22-17/h2-5,11-12,15H,6-10H2,1H3,(H2,19,20,21,22,23). The van der Waals surface area contributed by atoms with Crippen LogP contribution in [0.5, 0.6) is 0 Å². The SMILES string of the molecule is Cc1ccc(C(CNc2ncnc3nc[nH]c23)N2CCOCC2)cc1. The average Bonchev–Trinajstić information content (AvgIpc) is 3.14. The van der Waals surface area contributed by atoms with Crippen molar-refractivity contribution in [2.24, 2.45) is 0 Å². The monoisotopic (exact) mass is 338 g/mol. The number of aryl methyl sites for hydroxylation is 1. The molecule has 3 aromatic rings. The van der Waals surface area contributed by atoms with Gasteiger partial charge in [0.2, 0.25) is 0 Å². The minimum atomic E-state index is 0.262. The number of fused-ring (bicyclic) bond motifs is 1. The molecule has 2 aromatic heterocycles. The molecule has 0 amide bonds. The van der Waals surface area contributed by atoms with Crippen molar-refractivity contribution in [3.05, 3.63) is 48.0 Å². The average molecular weight is 338 g/mol. The molecule has 130 valence electrons. The van der Waals surface area contributed by atoms with Crippen LogP contribution < -0.4 is 5.32 Å². The van der Waals surface area contributed by atoms with Crippen LogP contribution in [0, 0.1) is 6.92 Å². The quantitative estimate of drug-likeness (QED) is 0.742. The van der Waals surface area contributed by atoms with Crippen LogP contribution >= 0.6 is 0 Å². The van der Waals surface area contributed by atoms with Gasteiger partial charge in [-0.05, 0) is 12.5 Å². The summed E-state index contributed by atoms with van der Waals surface area (Å²) in [4.78, 5) is 18.3. The molecule has 3 heterocycles. The van der Waals surface area contributed by atoms with Crippen LogP contribution in [0.1, 0.15) is 17.2 Å². The molecule has 1 aromatic carbocycles. The van der Waals surface area contributed by atoms with Crippen molar-refractivity contribution in [2.75, 3.05) is 38.2 Å². The van der Waals surface area contributed by atoms with Crippen LogP contribution in [0.15, 0.2) is 36.9 Å². The molecule has 0 aliphatic carbocycles. The van der Waals surface area contributed by atoms with Crippen molar-refractivity contribution < 1.29 is 4.74 Å². The van der Waals surface area contributed by atoms with Crippen LogP contribution in [-0.2, 0) is 4.74 Å². The minimum absolute atomic E-state index is 0.262. The first-order valence-electron chi connectivity index (χ1n) is 8.57. The van der Waals surface area contributed by atoms with Crippen molar-refractivity contribution in [2.45, 2.75) is 13.0 Å². The van der Waals surface area contributed by atoms with E-state index in [2.05, 4.69) is 61.3 Å². The predicted molar refractivity (Wildman–Crippen MR) is 96.5 cm³/mol. The van der Waals surface area contributed by atoms with Gasteiger partial charge < -0.3 is 15.0 Å². The number of benzene rings is 1. The lowest BCUT2D eigenvalue weighted by atomic mass is 10.0. The second-order valence-electron chi connectivity index (χ2n) is 6.28. The molecule has 1 aliphatic heterocycles. The number of anilines is 1. The Labute approximate surface area is 146 Å². The van der Waals surface area contributed by atoms with Gasteiger partial charge in [0.1, 0.15) is 11.8 Å². The number of rotatable bonds is 5. The molecule has 1 fully saturated rings. The van der Waals surface area contributed by atoms with Gasteiger partial charge >= 0.3 is 0 Å². The lowest BCUT2D eigenvalue weighted by Gasteiger charge is -2.35. The fraction of sp³-hybridized carbons (Fsp3) is 0.389. The highest BCUT2D eigenvalue weighted by Crippen LogP contribution is 2.24. The van der Waals surface area contributed by atoms with E-state index in [0.717, 1.165) is 44.2 Å². The Kier molecular flexibility index (Phi) is 4.58. The van der Waals surface area contributed by atoms with E-state index in [1.165, 1.54) is 11.1 Å². The third kappa shape index (κ3) is 3.47. The van der Waals surface area contributed by atoms with Crippen molar-refractivity contribution in [1.82, 2.24) is 24.8 Å². The zero-order valence-electron chi connectivity index (χ0n) is 14.3. The summed E-state index contributed by atoms with van der Waals surface area (Å²) in [5, 5.41) is 3.48. The Morgan fingerprint density at radius 2 is 1.96 bits per heavy atom. The number of morpholine rings is 1. The lowest BCUT2D eigenvalue weighted by molar-refractivity contribution is 0.0187. The van der Waals surface area contributed by atoms with Crippen molar-refractivity contribution >= 4 is 17.0 Å². The Morgan fingerprint density at radius 3 is 2.76 bits per heavy atom. The predicted octanol–water partition coefficient (Wildman–Crippen LogP) is 2.15. The Bertz CT molecular complexity index is 825. The van der Waals surface area contributed by atoms with Gasteiger partial charge in [0.15, 0.2) is 11.5 Å². The molecule has 1 unspecified atom stereocenters. The van der Waals surface area contributed by atoms with E-state index in [9.17, 15) is 0 Å². The van der Waals surface area contributed by atoms with E-state index in [-0.39, 0.29) is 6.04 Å². The number of hydrogen-bond acceptors (Lipinski definition) is 6. The second-order valence-corrected chi connectivity index (χ2v) is 6.28. The van der Waals surface area contributed by atoms with E-state index >= 15 is 0 Å². The highest BCUT2D eigenvalue weighted by Gasteiger charge is 2.23. The molecule has 1 aliphatic rings.